The van der Waals surface area contributed by atoms with Crippen LogP contribution in [0.5, 0.6) is 0 Å². The lowest BCUT2D eigenvalue weighted by Crippen LogP contribution is -2.51. The number of benzene rings is 1. The zero-order valence-corrected chi connectivity index (χ0v) is 14.7. The van der Waals surface area contributed by atoms with Gasteiger partial charge in [-0.3, -0.25) is 9.59 Å². The van der Waals surface area contributed by atoms with Crippen molar-refractivity contribution in [3.05, 3.63) is 28.8 Å². The van der Waals surface area contributed by atoms with Crippen LogP contribution in [-0.2, 0) is 9.59 Å². The second-order valence-corrected chi connectivity index (χ2v) is 7.26. The molecule has 2 saturated heterocycles. The van der Waals surface area contributed by atoms with Gasteiger partial charge in [-0.25, -0.2) is 0 Å². The van der Waals surface area contributed by atoms with E-state index in [0.717, 1.165) is 23.8 Å². The molecule has 2 fully saturated rings. The van der Waals surface area contributed by atoms with E-state index < -0.39 is 0 Å². The molecule has 2 aliphatic heterocycles. The molecule has 0 aliphatic carbocycles. The molecule has 1 aromatic rings. The van der Waals surface area contributed by atoms with E-state index in [4.69, 9.17) is 11.6 Å². The second-order valence-electron chi connectivity index (χ2n) is 5.87. The number of halogens is 1. The smallest absolute Gasteiger partial charge is 0.242 e. The molecule has 0 atom stereocenters. The van der Waals surface area contributed by atoms with E-state index >= 15 is 0 Å². The number of anilines is 1. The average molecular weight is 354 g/mol. The largest absolute Gasteiger partial charge is 0.368 e. The quantitative estimate of drug-likeness (QED) is 0.831. The second kappa shape index (κ2) is 7.01. The first kappa shape index (κ1) is 16.5. The Kier molecular flexibility index (Phi) is 5.02. The number of amides is 2. The van der Waals surface area contributed by atoms with Gasteiger partial charge in [0.2, 0.25) is 11.8 Å². The molecule has 23 heavy (non-hydrogen) atoms. The van der Waals surface area contributed by atoms with Crippen molar-refractivity contribution in [2.45, 2.75) is 6.92 Å². The predicted octanol–water partition coefficient (Wildman–Crippen LogP) is 1.83. The van der Waals surface area contributed by atoms with Crippen molar-refractivity contribution in [2.24, 2.45) is 0 Å². The van der Waals surface area contributed by atoms with Crippen molar-refractivity contribution in [2.75, 3.05) is 49.3 Å². The lowest BCUT2D eigenvalue weighted by molar-refractivity contribution is -0.138. The molecule has 0 spiro atoms. The maximum Gasteiger partial charge on any atom is 0.242 e. The highest BCUT2D eigenvalue weighted by atomic mass is 35.5. The molecule has 0 unspecified atom stereocenters. The van der Waals surface area contributed by atoms with Gasteiger partial charge in [-0.2, -0.15) is 0 Å². The van der Waals surface area contributed by atoms with Crippen molar-refractivity contribution in [3.63, 3.8) is 0 Å². The molecule has 2 amide bonds. The summed E-state index contributed by atoms with van der Waals surface area (Å²) in [6.07, 6.45) is 0. The van der Waals surface area contributed by atoms with Crippen molar-refractivity contribution in [3.8, 4) is 0 Å². The highest BCUT2D eigenvalue weighted by Gasteiger charge is 2.27. The molecule has 0 N–H and O–H groups in total. The van der Waals surface area contributed by atoms with Crippen LogP contribution in [-0.4, -0.2) is 66.0 Å². The Balaban J connectivity index is 1.56. The summed E-state index contributed by atoms with van der Waals surface area (Å²) < 4.78 is 0. The van der Waals surface area contributed by atoms with E-state index in [2.05, 4.69) is 11.8 Å². The van der Waals surface area contributed by atoms with Crippen molar-refractivity contribution in [1.29, 1.82) is 0 Å². The fraction of sp³-hybridized carbons (Fsp3) is 0.500. The standard InChI is InChI=1S/C16H20ClN3O2S/c1-12-2-3-13(17)8-14(12)18-4-6-19(7-5-18)15(21)9-20-11-23-10-16(20)22/h2-3,8H,4-7,9-11H2,1H3. The minimum Gasteiger partial charge on any atom is -0.368 e. The van der Waals surface area contributed by atoms with E-state index in [1.807, 2.05) is 23.1 Å². The third-order valence-electron chi connectivity index (χ3n) is 4.30. The Morgan fingerprint density at radius 1 is 1.26 bits per heavy atom. The molecule has 3 rings (SSSR count). The summed E-state index contributed by atoms with van der Waals surface area (Å²) in [5.74, 6) is 1.24. The van der Waals surface area contributed by atoms with Crippen LogP contribution in [0, 0.1) is 6.92 Å². The third-order valence-corrected chi connectivity index (χ3v) is 5.48. The van der Waals surface area contributed by atoms with E-state index in [9.17, 15) is 9.59 Å². The summed E-state index contributed by atoms with van der Waals surface area (Å²) in [7, 11) is 0. The fourth-order valence-electron chi connectivity index (χ4n) is 2.92. The number of thioether (sulfide) groups is 1. The number of nitrogens with zero attached hydrogens (tertiary/aromatic N) is 3. The predicted molar refractivity (Wildman–Crippen MR) is 94.0 cm³/mol. The minimum absolute atomic E-state index is 0.0447. The van der Waals surface area contributed by atoms with E-state index in [-0.39, 0.29) is 18.4 Å². The van der Waals surface area contributed by atoms with Gasteiger partial charge in [0.05, 0.1) is 11.6 Å². The monoisotopic (exact) mass is 353 g/mol. The molecule has 0 radical (unpaired) electrons. The number of piperazine rings is 1. The Bertz CT molecular complexity index is 617. The zero-order chi connectivity index (χ0) is 16.4. The van der Waals surface area contributed by atoms with Gasteiger partial charge < -0.3 is 14.7 Å². The molecule has 1 aromatic carbocycles. The lowest BCUT2D eigenvalue weighted by Gasteiger charge is -2.37. The van der Waals surface area contributed by atoms with Crippen LogP contribution in [0.1, 0.15) is 5.56 Å². The van der Waals surface area contributed by atoms with Crippen molar-refractivity contribution >= 4 is 40.9 Å². The highest BCUT2D eigenvalue weighted by molar-refractivity contribution is 8.00. The first-order valence-corrected chi connectivity index (χ1v) is 9.22. The van der Waals surface area contributed by atoms with E-state index in [0.29, 0.717) is 24.7 Å². The van der Waals surface area contributed by atoms with E-state index in [1.54, 1.807) is 16.7 Å². The third kappa shape index (κ3) is 3.75. The Morgan fingerprint density at radius 3 is 2.65 bits per heavy atom. The number of rotatable bonds is 3. The van der Waals surface area contributed by atoms with Crippen LogP contribution in [0.15, 0.2) is 18.2 Å². The van der Waals surface area contributed by atoms with Gasteiger partial charge in [0, 0.05) is 36.9 Å². The summed E-state index contributed by atoms with van der Waals surface area (Å²) in [5, 5.41) is 0.731. The number of carbonyl (C=O) groups excluding carboxylic acids is 2. The highest BCUT2D eigenvalue weighted by Crippen LogP contribution is 2.25. The Labute approximate surface area is 145 Å². The number of hydrogen-bond donors (Lipinski definition) is 0. The molecule has 2 heterocycles. The molecule has 124 valence electrons. The summed E-state index contributed by atoms with van der Waals surface area (Å²) in [4.78, 5) is 29.7. The van der Waals surface area contributed by atoms with Crippen LogP contribution in [0.2, 0.25) is 5.02 Å². The van der Waals surface area contributed by atoms with Crippen LogP contribution in [0.25, 0.3) is 0 Å². The van der Waals surface area contributed by atoms with Gasteiger partial charge >= 0.3 is 0 Å². The number of aryl methyl sites for hydroxylation is 1. The van der Waals surface area contributed by atoms with Crippen molar-refractivity contribution < 1.29 is 9.59 Å². The van der Waals surface area contributed by atoms with Gasteiger partial charge in [-0.15, -0.1) is 11.8 Å². The molecule has 0 bridgehead atoms. The molecular weight excluding hydrogens is 334 g/mol. The molecule has 5 nitrogen and oxygen atoms in total. The van der Waals surface area contributed by atoms with Crippen LogP contribution in [0.4, 0.5) is 5.69 Å². The molecule has 0 aromatic heterocycles. The van der Waals surface area contributed by atoms with Gasteiger partial charge in [-0.1, -0.05) is 17.7 Å². The van der Waals surface area contributed by atoms with Gasteiger partial charge in [0.15, 0.2) is 0 Å². The van der Waals surface area contributed by atoms with Gasteiger partial charge in [0.1, 0.15) is 6.54 Å². The maximum absolute atomic E-state index is 12.3. The van der Waals surface area contributed by atoms with Crippen molar-refractivity contribution in [1.82, 2.24) is 9.80 Å². The summed E-state index contributed by atoms with van der Waals surface area (Å²) in [6, 6.07) is 5.89. The SMILES string of the molecule is Cc1ccc(Cl)cc1N1CCN(C(=O)CN2CSCC2=O)CC1. The number of carbonyl (C=O) groups is 2. The molecule has 7 heteroatoms. The zero-order valence-electron chi connectivity index (χ0n) is 13.1. The Morgan fingerprint density at radius 2 is 2.00 bits per heavy atom. The average Bonchev–Trinajstić information content (AvgIpc) is 2.95. The molecule has 0 saturated carbocycles. The minimum atomic E-state index is 0.0447. The topological polar surface area (TPSA) is 43.9 Å². The van der Waals surface area contributed by atoms with Crippen LogP contribution < -0.4 is 4.90 Å². The summed E-state index contributed by atoms with van der Waals surface area (Å²) >= 11 is 7.66. The Hall–Kier alpha value is -1.40. The molecular formula is C16H20ClN3O2S. The first-order valence-electron chi connectivity index (χ1n) is 7.69. The van der Waals surface area contributed by atoms with E-state index in [1.165, 1.54) is 5.56 Å². The van der Waals surface area contributed by atoms with Gasteiger partial charge in [-0.05, 0) is 24.6 Å². The van der Waals surface area contributed by atoms with Gasteiger partial charge in [0.25, 0.3) is 0 Å². The first-order chi connectivity index (χ1) is 11.0. The summed E-state index contributed by atoms with van der Waals surface area (Å²) in [5.41, 5.74) is 2.32. The maximum atomic E-state index is 12.3. The molecule has 2 aliphatic rings. The lowest BCUT2D eigenvalue weighted by atomic mass is 10.1. The van der Waals surface area contributed by atoms with Crippen LogP contribution >= 0.6 is 23.4 Å². The normalized spacial score (nSPS) is 18.7. The van der Waals surface area contributed by atoms with Crippen LogP contribution in [0.3, 0.4) is 0 Å². The number of hydrogen-bond acceptors (Lipinski definition) is 4. The summed E-state index contributed by atoms with van der Waals surface area (Å²) in [6.45, 7) is 5.22. The fourth-order valence-corrected chi connectivity index (χ4v) is 3.99.